The highest BCUT2D eigenvalue weighted by molar-refractivity contribution is 5.96. The molecular formula is C25H26FN3O3. The number of carboxylic acid groups (broad SMARTS) is 1. The molecule has 1 saturated heterocycles. The van der Waals surface area contributed by atoms with Crippen molar-refractivity contribution in [2.75, 3.05) is 13.7 Å². The summed E-state index contributed by atoms with van der Waals surface area (Å²) < 4.78 is 19.4. The lowest BCUT2D eigenvalue weighted by atomic mass is 9.91. The van der Waals surface area contributed by atoms with E-state index in [4.69, 9.17) is 4.74 Å². The van der Waals surface area contributed by atoms with Crippen LogP contribution < -0.4 is 4.74 Å². The monoisotopic (exact) mass is 435 g/mol. The van der Waals surface area contributed by atoms with E-state index in [9.17, 15) is 14.3 Å². The van der Waals surface area contributed by atoms with Gasteiger partial charge in [0.05, 0.1) is 7.11 Å². The fourth-order valence-electron chi connectivity index (χ4n) is 5.18. The lowest BCUT2D eigenvalue weighted by Gasteiger charge is -2.33. The first kappa shape index (κ1) is 20.7. The number of rotatable bonds is 5. The lowest BCUT2D eigenvalue weighted by molar-refractivity contribution is -0.143. The molecule has 7 heteroatoms. The van der Waals surface area contributed by atoms with E-state index >= 15 is 0 Å². The molecule has 1 fully saturated rings. The number of methoxy groups -OCH3 is 1. The van der Waals surface area contributed by atoms with E-state index in [1.165, 1.54) is 17.7 Å². The molecule has 0 amide bonds. The third-order valence-corrected chi connectivity index (χ3v) is 6.76. The summed E-state index contributed by atoms with van der Waals surface area (Å²) in [5.41, 5.74) is 4.52. The Bertz CT molecular complexity index is 1200. The van der Waals surface area contributed by atoms with E-state index in [0.717, 1.165) is 60.9 Å². The predicted octanol–water partition coefficient (Wildman–Crippen LogP) is 4.86. The number of fused-ring (bicyclic) bond motifs is 1. The van der Waals surface area contributed by atoms with Gasteiger partial charge in [0.25, 0.3) is 0 Å². The summed E-state index contributed by atoms with van der Waals surface area (Å²) >= 11 is 0. The zero-order valence-corrected chi connectivity index (χ0v) is 18.0. The van der Waals surface area contributed by atoms with Crippen LogP contribution in [-0.2, 0) is 4.79 Å². The van der Waals surface area contributed by atoms with Crippen molar-refractivity contribution in [2.45, 2.75) is 44.2 Å². The molecule has 3 aromatic rings. The molecular weight excluding hydrogens is 409 g/mol. The average molecular weight is 435 g/mol. The van der Waals surface area contributed by atoms with E-state index in [-0.39, 0.29) is 17.9 Å². The zero-order valence-electron chi connectivity index (χ0n) is 18.0. The molecule has 166 valence electrons. The Balaban J connectivity index is 1.44. The van der Waals surface area contributed by atoms with Crippen LogP contribution in [-0.4, -0.2) is 51.7 Å². The van der Waals surface area contributed by atoms with Crippen molar-refractivity contribution in [3.8, 4) is 16.9 Å². The molecule has 6 nitrogen and oxygen atoms in total. The molecule has 3 heterocycles. The first-order valence-corrected chi connectivity index (χ1v) is 11.0. The maximum absolute atomic E-state index is 14.0. The highest BCUT2D eigenvalue weighted by Crippen LogP contribution is 2.38. The first-order valence-electron chi connectivity index (χ1n) is 11.0. The molecule has 1 unspecified atom stereocenters. The minimum absolute atomic E-state index is 0.275. The molecule has 1 aliphatic carbocycles. The van der Waals surface area contributed by atoms with Crippen molar-refractivity contribution in [1.29, 1.82) is 0 Å². The summed E-state index contributed by atoms with van der Waals surface area (Å²) in [6.45, 7) is 0.861. The van der Waals surface area contributed by atoms with Gasteiger partial charge in [-0.3, -0.25) is 9.69 Å². The maximum Gasteiger partial charge on any atom is 0.320 e. The van der Waals surface area contributed by atoms with Crippen LogP contribution in [0.2, 0.25) is 0 Å². The zero-order chi connectivity index (χ0) is 22.2. The van der Waals surface area contributed by atoms with Gasteiger partial charge in [0.15, 0.2) is 0 Å². The van der Waals surface area contributed by atoms with Crippen molar-refractivity contribution in [1.82, 2.24) is 14.9 Å². The minimum atomic E-state index is -0.709. The quantitative estimate of drug-likeness (QED) is 0.598. The van der Waals surface area contributed by atoms with Crippen molar-refractivity contribution in [3.63, 3.8) is 0 Å². The van der Waals surface area contributed by atoms with Gasteiger partial charge in [-0.1, -0.05) is 6.08 Å². The van der Waals surface area contributed by atoms with Crippen molar-refractivity contribution < 1.29 is 19.0 Å². The Morgan fingerprint density at radius 1 is 1.25 bits per heavy atom. The summed E-state index contributed by atoms with van der Waals surface area (Å²) in [6.07, 6.45) is 8.27. The number of aromatic amines is 1. The summed E-state index contributed by atoms with van der Waals surface area (Å²) in [4.78, 5) is 21.6. The fourth-order valence-corrected chi connectivity index (χ4v) is 5.18. The van der Waals surface area contributed by atoms with Gasteiger partial charge in [0.1, 0.15) is 23.3 Å². The predicted molar refractivity (Wildman–Crippen MR) is 121 cm³/mol. The number of nitrogens with one attached hydrogen (secondary N) is 1. The Hall–Kier alpha value is -3.19. The number of pyridine rings is 1. The number of aliphatic carboxylic acids is 1. The molecule has 0 bridgehead atoms. The van der Waals surface area contributed by atoms with E-state index in [1.807, 2.05) is 6.07 Å². The van der Waals surface area contributed by atoms with Gasteiger partial charge in [-0.05, 0) is 80.1 Å². The third-order valence-electron chi connectivity index (χ3n) is 6.76. The van der Waals surface area contributed by atoms with Crippen molar-refractivity contribution >= 4 is 22.6 Å². The number of carbonyl (C=O) groups is 1. The van der Waals surface area contributed by atoms with Crippen LogP contribution in [0.15, 0.2) is 42.6 Å². The average Bonchev–Trinajstić information content (AvgIpc) is 3.46. The minimum Gasteiger partial charge on any atom is -0.496 e. The number of aromatic nitrogens is 2. The number of ether oxygens (including phenoxy) is 1. The summed E-state index contributed by atoms with van der Waals surface area (Å²) in [5.74, 6) is -0.414. The van der Waals surface area contributed by atoms with Gasteiger partial charge in [0, 0.05) is 28.9 Å². The molecule has 5 rings (SSSR count). The van der Waals surface area contributed by atoms with E-state index in [0.29, 0.717) is 11.3 Å². The summed E-state index contributed by atoms with van der Waals surface area (Å²) in [7, 11) is 1.58. The highest BCUT2D eigenvalue weighted by atomic mass is 19.1. The Labute approximate surface area is 185 Å². The number of benzene rings is 1. The van der Waals surface area contributed by atoms with E-state index < -0.39 is 5.97 Å². The molecule has 1 aromatic carbocycles. The number of allylic oxidation sites excluding steroid dienone is 1. The second-order valence-corrected chi connectivity index (χ2v) is 8.54. The molecule has 1 aliphatic heterocycles. The van der Waals surface area contributed by atoms with Crippen LogP contribution >= 0.6 is 0 Å². The van der Waals surface area contributed by atoms with Crippen LogP contribution in [0.25, 0.3) is 27.7 Å². The molecule has 0 saturated carbocycles. The van der Waals surface area contributed by atoms with Crippen LogP contribution in [0.3, 0.4) is 0 Å². The molecule has 2 aliphatic rings. The van der Waals surface area contributed by atoms with Gasteiger partial charge in [-0.25, -0.2) is 9.37 Å². The molecule has 2 aromatic heterocycles. The lowest BCUT2D eigenvalue weighted by Crippen LogP contribution is -2.43. The summed E-state index contributed by atoms with van der Waals surface area (Å²) in [6, 6.07) is 8.39. The number of H-pyrrole nitrogens is 1. The van der Waals surface area contributed by atoms with Crippen LogP contribution in [0, 0.1) is 5.82 Å². The number of carboxylic acids is 1. The molecule has 2 N–H and O–H groups in total. The van der Waals surface area contributed by atoms with Crippen LogP contribution in [0.4, 0.5) is 4.39 Å². The van der Waals surface area contributed by atoms with E-state index in [2.05, 4.69) is 27.0 Å². The van der Waals surface area contributed by atoms with Gasteiger partial charge in [0.2, 0.25) is 0 Å². The second-order valence-electron chi connectivity index (χ2n) is 8.54. The largest absolute Gasteiger partial charge is 0.496 e. The van der Waals surface area contributed by atoms with Gasteiger partial charge in [-0.15, -0.1) is 0 Å². The van der Waals surface area contributed by atoms with Crippen molar-refractivity contribution in [2.24, 2.45) is 0 Å². The van der Waals surface area contributed by atoms with Crippen LogP contribution in [0.5, 0.6) is 5.75 Å². The van der Waals surface area contributed by atoms with E-state index in [1.54, 1.807) is 19.4 Å². The molecule has 32 heavy (non-hydrogen) atoms. The fraction of sp³-hybridized carbons (Fsp3) is 0.360. The van der Waals surface area contributed by atoms with Gasteiger partial charge >= 0.3 is 5.97 Å². The normalized spacial score (nSPS) is 21.6. The molecule has 0 spiro atoms. The Kier molecular flexibility index (Phi) is 5.43. The number of halogens is 1. The van der Waals surface area contributed by atoms with Crippen molar-refractivity contribution in [3.05, 3.63) is 54.1 Å². The molecule has 2 atom stereocenters. The standard InChI is InChI=1S/C25H26FN3O3/c1-32-23-9-6-16(26)13-19(23)18-10-11-27-24-20(18)14-21(28-24)15-4-7-17(8-5-15)29-12-2-3-22(29)25(30)31/h4,6,9-11,13-14,17,22H,2-3,5,7-8,12H2,1H3,(H,27,28)(H,30,31)/t17?,22-/m1/s1. The first-order chi connectivity index (χ1) is 15.5. The number of nitrogens with zero attached hydrogens (tertiary/aromatic N) is 2. The summed E-state index contributed by atoms with van der Waals surface area (Å²) in [5, 5.41) is 10.4. The van der Waals surface area contributed by atoms with Crippen LogP contribution in [0.1, 0.15) is 37.8 Å². The number of hydrogen-bond donors (Lipinski definition) is 2. The maximum atomic E-state index is 14.0. The SMILES string of the molecule is COc1ccc(F)cc1-c1ccnc2[nH]c(C3=CCC(N4CCC[C@@H]4C(=O)O)CC3)cc12. The highest BCUT2D eigenvalue weighted by Gasteiger charge is 2.35. The smallest absolute Gasteiger partial charge is 0.320 e. The third kappa shape index (κ3) is 3.66. The second kappa shape index (κ2) is 8.39. The Morgan fingerprint density at radius 2 is 2.12 bits per heavy atom. The number of hydrogen-bond acceptors (Lipinski definition) is 4. The Morgan fingerprint density at radius 3 is 2.88 bits per heavy atom. The number of likely N-dealkylation sites (tertiary alicyclic amines) is 1. The molecule has 0 radical (unpaired) electrons. The van der Waals surface area contributed by atoms with Gasteiger partial charge < -0.3 is 14.8 Å². The topological polar surface area (TPSA) is 78.5 Å². The van der Waals surface area contributed by atoms with Gasteiger partial charge in [-0.2, -0.15) is 0 Å².